The summed E-state index contributed by atoms with van der Waals surface area (Å²) in [6.07, 6.45) is 1.22. The number of ether oxygens (including phenoxy) is 1. The largest absolute Gasteiger partial charge is 0.381 e. The first kappa shape index (κ1) is 17.0. The average Bonchev–Trinajstić information content (AvgIpc) is 2.38. The Morgan fingerprint density at radius 3 is 2.52 bits per heavy atom. The maximum Gasteiger partial charge on any atom is 0.242 e. The first-order valence-electron chi connectivity index (χ1n) is 6.58. The molecule has 8 heteroatoms. The van der Waals surface area contributed by atoms with Gasteiger partial charge in [-0.2, -0.15) is 0 Å². The molecule has 5 nitrogen and oxygen atoms in total. The predicted molar refractivity (Wildman–Crippen MR) is 83.1 cm³/mol. The number of halogens is 2. The van der Waals surface area contributed by atoms with Crippen molar-refractivity contribution in [1.82, 2.24) is 4.72 Å². The summed E-state index contributed by atoms with van der Waals surface area (Å²) in [5.41, 5.74) is 5.46. The first-order chi connectivity index (χ1) is 9.79. The van der Waals surface area contributed by atoms with Crippen LogP contribution in [0.2, 0.25) is 10.0 Å². The summed E-state index contributed by atoms with van der Waals surface area (Å²) in [6.45, 7) is 3.00. The van der Waals surface area contributed by atoms with Crippen LogP contribution >= 0.6 is 23.2 Å². The highest BCUT2D eigenvalue weighted by Gasteiger charge is 2.33. The number of sulfonamides is 1. The van der Waals surface area contributed by atoms with Crippen LogP contribution in [-0.2, 0) is 21.3 Å². The Morgan fingerprint density at radius 2 is 1.95 bits per heavy atom. The molecular formula is C13H18Cl2N2O3S. The topological polar surface area (TPSA) is 81.4 Å². The van der Waals surface area contributed by atoms with E-state index >= 15 is 0 Å². The molecule has 0 spiro atoms. The van der Waals surface area contributed by atoms with Gasteiger partial charge in [-0.05, 0) is 31.9 Å². The molecule has 1 aliphatic heterocycles. The van der Waals surface area contributed by atoms with Crippen LogP contribution in [0.1, 0.15) is 25.3 Å². The molecule has 0 saturated carbocycles. The molecule has 1 fully saturated rings. The highest BCUT2D eigenvalue weighted by Crippen LogP contribution is 2.32. The maximum absolute atomic E-state index is 12.6. The van der Waals surface area contributed by atoms with E-state index in [0.717, 1.165) is 0 Å². The van der Waals surface area contributed by atoms with Crippen LogP contribution in [-0.4, -0.2) is 27.2 Å². The van der Waals surface area contributed by atoms with Gasteiger partial charge in [0.05, 0.1) is 5.02 Å². The van der Waals surface area contributed by atoms with Gasteiger partial charge in [-0.25, -0.2) is 13.1 Å². The quantitative estimate of drug-likeness (QED) is 0.870. The molecule has 0 unspecified atom stereocenters. The van der Waals surface area contributed by atoms with Crippen molar-refractivity contribution in [2.24, 2.45) is 5.73 Å². The minimum Gasteiger partial charge on any atom is -0.381 e. The van der Waals surface area contributed by atoms with Gasteiger partial charge in [0, 0.05) is 35.9 Å². The average molecular weight is 353 g/mol. The normalized spacial score (nSPS) is 18.7. The van der Waals surface area contributed by atoms with E-state index in [4.69, 9.17) is 33.7 Å². The Balaban J connectivity index is 2.36. The van der Waals surface area contributed by atoms with E-state index in [9.17, 15) is 8.42 Å². The Bertz CT molecular complexity index is 629. The van der Waals surface area contributed by atoms with Gasteiger partial charge in [0.1, 0.15) is 4.90 Å². The molecule has 0 bridgehead atoms. The van der Waals surface area contributed by atoms with Gasteiger partial charge in [-0.1, -0.05) is 23.2 Å². The number of rotatable bonds is 4. The third-order valence-electron chi connectivity index (χ3n) is 3.62. The van der Waals surface area contributed by atoms with Crippen molar-refractivity contribution < 1.29 is 13.2 Å². The predicted octanol–water partition coefficient (Wildman–Crippen LogP) is 2.30. The molecule has 0 radical (unpaired) electrons. The summed E-state index contributed by atoms with van der Waals surface area (Å²) in [6, 6.07) is 2.89. The van der Waals surface area contributed by atoms with Crippen LogP contribution in [0.4, 0.5) is 0 Å². The van der Waals surface area contributed by atoms with Crippen LogP contribution in [0, 0.1) is 0 Å². The lowest BCUT2D eigenvalue weighted by Gasteiger charge is -2.34. The van der Waals surface area contributed by atoms with E-state index in [1.54, 1.807) is 0 Å². The molecule has 0 aliphatic carbocycles. The number of nitrogens with two attached hydrogens (primary N) is 1. The number of nitrogens with one attached hydrogen (secondary N) is 1. The zero-order valence-corrected chi connectivity index (χ0v) is 14.0. The lowest BCUT2D eigenvalue weighted by atomic mass is 9.94. The summed E-state index contributed by atoms with van der Waals surface area (Å²) in [5, 5.41) is 0.437. The van der Waals surface area contributed by atoms with E-state index in [0.29, 0.717) is 36.6 Å². The van der Waals surface area contributed by atoms with Crippen molar-refractivity contribution in [2.45, 2.75) is 36.7 Å². The van der Waals surface area contributed by atoms with Crippen molar-refractivity contribution in [1.29, 1.82) is 0 Å². The van der Waals surface area contributed by atoms with Gasteiger partial charge >= 0.3 is 0 Å². The molecule has 1 heterocycles. The van der Waals surface area contributed by atoms with E-state index in [-0.39, 0.29) is 16.5 Å². The number of hydrogen-bond donors (Lipinski definition) is 2. The van der Waals surface area contributed by atoms with E-state index < -0.39 is 15.6 Å². The molecule has 0 aromatic heterocycles. The standard InChI is InChI=1S/C13H18Cl2N2O3S/c1-13(4-6-20-7-5-13)17-21(18,19)11-3-2-10(14)9(8-16)12(11)15/h2-3,17H,4-8,16H2,1H3. The molecular weight excluding hydrogens is 335 g/mol. The molecule has 1 saturated heterocycles. The molecule has 21 heavy (non-hydrogen) atoms. The van der Waals surface area contributed by atoms with Crippen LogP contribution < -0.4 is 10.5 Å². The van der Waals surface area contributed by atoms with Gasteiger partial charge in [0.2, 0.25) is 10.0 Å². The third kappa shape index (κ3) is 3.70. The van der Waals surface area contributed by atoms with Crippen LogP contribution in [0.25, 0.3) is 0 Å². The molecule has 0 amide bonds. The fourth-order valence-corrected chi connectivity index (χ4v) is 4.67. The summed E-state index contributed by atoms with van der Waals surface area (Å²) >= 11 is 12.1. The fraction of sp³-hybridized carbons (Fsp3) is 0.538. The van der Waals surface area contributed by atoms with Crippen LogP contribution in [0.3, 0.4) is 0 Å². The van der Waals surface area contributed by atoms with Gasteiger partial charge < -0.3 is 10.5 Å². The molecule has 1 aliphatic rings. The Hall–Kier alpha value is -0.370. The maximum atomic E-state index is 12.6. The summed E-state index contributed by atoms with van der Waals surface area (Å²) in [4.78, 5) is 0.00161. The minimum absolute atomic E-state index is 0.00161. The van der Waals surface area contributed by atoms with Gasteiger partial charge in [-0.3, -0.25) is 0 Å². The molecule has 1 aromatic rings. The lowest BCUT2D eigenvalue weighted by molar-refractivity contribution is 0.0537. The smallest absolute Gasteiger partial charge is 0.242 e. The van der Waals surface area contributed by atoms with E-state index in [1.807, 2.05) is 6.92 Å². The van der Waals surface area contributed by atoms with Crippen molar-refractivity contribution >= 4 is 33.2 Å². The summed E-state index contributed by atoms with van der Waals surface area (Å²) < 4.78 is 33.2. The van der Waals surface area contributed by atoms with Crippen LogP contribution in [0.15, 0.2) is 17.0 Å². The SMILES string of the molecule is CC1(NS(=O)(=O)c2ccc(Cl)c(CN)c2Cl)CCOCC1. The Labute approximate surface area is 134 Å². The molecule has 118 valence electrons. The molecule has 0 atom stereocenters. The van der Waals surface area contributed by atoms with Gasteiger partial charge in [-0.15, -0.1) is 0 Å². The monoisotopic (exact) mass is 352 g/mol. The number of benzene rings is 1. The van der Waals surface area contributed by atoms with E-state index in [2.05, 4.69) is 4.72 Å². The molecule has 2 rings (SSSR count). The second kappa shape index (κ2) is 6.40. The second-order valence-electron chi connectivity index (χ2n) is 5.32. The number of hydrogen-bond acceptors (Lipinski definition) is 4. The van der Waals surface area contributed by atoms with Crippen molar-refractivity contribution in [2.75, 3.05) is 13.2 Å². The molecule has 3 N–H and O–H groups in total. The van der Waals surface area contributed by atoms with E-state index in [1.165, 1.54) is 12.1 Å². The van der Waals surface area contributed by atoms with Gasteiger partial charge in [0.25, 0.3) is 0 Å². The van der Waals surface area contributed by atoms with Crippen molar-refractivity contribution in [3.8, 4) is 0 Å². The second-order valence-corrected chi connectivity index (χ2v) is 7.76. The zero-order chi connectivity index (χ0) is 15.7. The first-order valence-corrected chi connectivity index (χ1v) is 8.82. The summed E-state index contributed by atoms with van der Waals surface area (Å²) in [7, 11) is -3.75. The zero-order valence-electron chi connectivity index (χ0n) is 11.7. The summed E-state index contributed by atoms with van der Waals surface area (Å²) in [5.74, 6) is 0. The minimum atomic E-state index is -3.75. The van der Waals surface area contributed by atoms with Crippen molar-refractivity contribution in [3.05, 3.63) is 27.7 Å². The van der Waals surface area contributed by atoms with Crippen molar-refractivity contribution in [3.63, 3.8) is 0 Å². The fourth-order valence-electron chi connectivity index (χ4n) is 2.27. The Kier molecular flexibility index (Phi) is 5.18. The van der Waals surface area contributed by atoms with Gasteiger partial charge in [0.15, 0.2) is 0 Å². The third-order valence-corrected chi connectivity index (χ3v) is 6.20. The lowest BCUT2D eigenvalue weighted by Crippen LogP contribution is -2.49. The Morgan fingerprint density at radius 1 is 1.33 bits per heavy atom. The molecule has 1 aromatic carbocycles. The highest BCUT2D eigenvalue weighted by molar-refractivity contribution is 7.89. The highest BCUT2D eigenvalue weighted by atomic mass is 35.5. The van der Waals surface area contributed by atoms with Crippen LogP contribution in [0.5, 0.6) is 0 Å².